The lowest BCUT2D eigenvalue weighted by Crippen LogP contribution is -2.42. The van der Waals surface area contributed by atoms with Gasteiger partial charge < -0.3 is 14.5 Å². The quantitative estimate of drug-likeness (QED) is 0.820. The van der Waals surface area contributed by atoms with Crippen molar-refractivity contribution in [2.75, 3.05) is 26.8 Å². The van der Waals surface area contributed by atoms with Crippen LogP contribution in [0.15, 0.2) is 30.5 Å². The Balaban J connectivity index is 2.02. The number of benzene rings is 1. The number of carbonyl (C=O) groups is 3. The van der Waals surface area contributed by atoms with Crippen LogP contribution in [-0.2, 0) is 20.7 Å². The summed E-state index contributed by atoms with van der Waals surface area (Å²) < 4.78 is 10.1. The highest BCUT2D eigenvalue weighted by molar-refractivity contribution is 6.18. The molecule has 0 spiro atoms. The van der Waals surface area contributed by atoms with Gasteiger partial charge in [0.25, 0.3) is 0 Å². The van der Waals surface area contributed by atoms with Crippen molar-refractivity contribution in [2.45, 2.75) is 20.3 Å². The van der Waals surface area contributed by atoms with E-state index in [1.165, 1.54) is 18.1 Å². The molecule has 1 aliphatic rings. The zero-order chi connectivity index (χ0) is 20.3. The average Bonchev–Trinajstić information content (AvgIpc) is 2.94. The minimum Gasteiger partial charge on any atom is -0.462 e. The van der Waals surface area contributed by atoms with Gasteiger partial charge in [-0.15, -0.1) is 0 Å². The second-order valence-corrected chi connectivity index (χ2v) is 6.27. The van der Waals surface area contributed by atoms with Crippen molar-refractivity contribution in [1.29, 1.82) is 0 Å². The molecule has 2 heterocycles. The van der Waals surface area contributed by atoms with Crippen LogP contribution in [0.2, 0.25) is 0 Å². The van der Waals surface area contributed by atoms with Crippen molar-refractivity contribution >= 4 is 34.6 Å². The summed E-state index contributed by atoms with van der Waals surface area (Å²) in [4.78, 5) is 42.8. The SMILES string of the molecule is CCOC(=O)C1=CN(C(=O)N(C)C(=O)OCC)CCc2c1[nH]c1ccccc21. The van der Waals surface area contributed by atoms with Gasteiger partial charge in [0.1, 0.15) is 0 Å². The van der Waals surface area contributed by atoms with Gasteiger partial charge in [0.2, 0.25) is 0 Å². The normalized spacial score (nSPS) is 13.4. The lowest BCUT2D eigenvalue weighted by atomic mass is 10.0. The molecule has 0 unspecified atom stereocenters. The molecule has 0 saturated heterocycles. The van der Waals surface area contributed by atoms with Gasteiger partial charge in [0.05, 0.1) is 24.5 Å². The highest BCUT2D eigenvalue weighted by Crippen LogP contribution is 2.31. The topological polar surface area (TPSA) is 91.9 Å². The van der Waals surface area contributed by atoms with Crippen molar-refractivity contribution in [3.8, 4) is 0 Å². The number of hydrogen-bond donors (Lipinski definition) is 1. The summed E-state index contributed by atoms with van der Waals surface area (Å²) in [5.41, 5.74) is 2.72. The van der Waals surface area contributed by atoms with Crippen LogP contribution in [0.4, 0.5) is 9.59 Å². The third-order valence-electron chi connectivity index (χ3n) is 4.54. The van der Waals surface area contributed by atoms with Gasteiger partial charge in [-0.2, -0.15) is 0 Å². The average molecular weight is 385 g/mol. The monoisotopic (exact) mass is 385 g/mol. The molecule has 1 aromatic heterocycles. The number of carbonyl (C=O) groups excluding carboxylic acids is 3. The molecule has 2 aromatic rings. The van der Waals surface area contributed by atoms with Crippen LogP contribution in [0.1, 0.15) is 25.1 Å². The van der Waals surface area contributed by atoms with Crippen molar-refractivity contribution in [3.05, 3.63) is 41.7 Å². The van der Waals surface area contributed by atoms with Crippen LogP contribution in [-0.4, -0.2) is 59.7 Å². The van der Waals surface area contributed by atoms with E-state index >= 15 is 0 Å². The summed E-state index contributed by atoms with van der Waals surface area (Å²) in [6, 6.07) is 7.16. The predicted octanol–water partition coefficient (Wildman–Crippen LogP) is 3.14. The molecule has 1 N–H and O–H groups in total. The Labute approximate surface area is 162 Å². The van der Waals surface area contributed by atoms with Crippen LogP contribution in [0.3, 0.4) is 0 Å². The number of H-pyrrole nitrogens is 1. The van der Waals surface area contributed by atoms with E-state index in [0.717, 1.165) is 21.4 Å². The number of aromatic amines is 1. The molecule has 8 nitrogen and oxygen atoms in total. The predicted molar refractivity (Wildman–Crippen MR) is 103 cm³/mol. The van der Waals surface area contributed by atoms with E-state index in [4.69, 9.17) is 9.47 Å². The number of rotatable bonds is 3. The summed E-state index contributed by atoms with van der Waals surface area (Å²) >= 11 is 0. The number of esters is 1. The van der Waals surface area contributed by atoms with Crippen molar-refractivity contribution in [1.82, 2.24) is 14.8 Å². The molecule has 148 valence electrons. The number of para-hydroxylation sites is 1. The fourth-order valence-corrected chi connectivity index (χ4v) is 3.21. The maximum atomic E-state index is 12.8. The molecule has 1 aromatic carbocycles. The van der Waals surface area contributed by atoms with Crippen LogP contribution in [0, 0.1) is 0 Å². The molecule has 0 atom stereocenters. The molecule has 8 heteroatoms. The maximum absolute atomic E-state index is 12.8. The molecule has 28 heavy (non-hydrogen) atoms. The Morgan fingerprint density at radius 1 is 1.14 bits per heavy atom. The molecule has 1 aliphatic heterocycles. The zero-order valence-corrected chi connectivity index (χ0v) is 16.2. The summed E-state index contributed by atoms with van der Waals surface area (Å²) in [6.45, 7) is 4.07. The second-order valence-electron chi connectivity index (χ2n) is 6.27. The fraction of sp³-hybridized carbons (Fsp3) is 0.350. The van der Waals surface area contributed by atoms with Crippen molar-refractivity contribution < 1.29 is 23.9 Å². The van der Waals surface area contributed by atoms with E-state index in [9.17, 15) is 14.4 Å². The van der Waals surface area contributed by atoms with Crippen LogP contribution >= 0.6 is 0 Å². The Hall–Kier alpha value is -3.29. The van der Waals surface area contributed by atoms with E-state index < -0.39 is 18.1 Å². The highest BCUT2D eigenvalue weighted by atomic mass is 16.6. The lowest BCUT2D eigenvalue weighted by molar-refractivity contribution is -0.136. The van der Waals surface area contributed by atoms with Gasteiger partial charge in [0, 0.05) is 30.7 Å². The first-order chi connectivity index (χ1) is 13.5. The van der Waals surface area contributed by atoms with Crippen molar-refractivity contribution in [2.24, 2.45) is 0 Å². The first-order valence-corrected chi connectivity index (χ1v) is 9.17. The van der Waals surface area contributed by atoms with Crippen LogP contribution < -0.4 is 0 Å². The minimum atomic E-state index is -0.744. The fourth-order valence-electron chi connectivity index (χ4n) is 3.21. The number of urea groups is 1. The number of nitrogens with one attached hydrogen (secondary N) is 1. The van der Waals surface area contributed by atoms with E-state index in [2.05, 4.69) is 4.98 Å². The van der Waals surface area contributed by atoms with Gasteiger partial charge >= 0.3 is 18.1 Å². The number of amides is 3. The third kappa shape index (κ3) is 3.58. The van der Waals surface area contributed by atoms with Crippen molar-refractivity contribution in [3.63, 3.8) is 0 Å². The molecule has 0 radical (unpaired) electrons. The maximum Gasteiger partial charge on any atom is 0.417 e. The number of fused-ring (bicyclic) bond motifs is 3. The third-order valence-corrected chi connectivity index (χ3v) is 4.54. The Bertz CT molecular complexity index is 946. The van der Waals surface area contributed by atoms with Gasteiger partial charge in [-0.25, -0.2) is 19.3 Å². The number of aromatic nitrogens is 1. The number of hydrogen-bond acceptors (Lipinski definition) is 5. The molecule has 0 fully saturated rings. The Morgan fingerprint density at radius 2 is 1.86 bits per heavy atom. The highest BCUT2D eigenvalue weighted by Gasteiger charge is 2.30. The molecular weight excluding hydrogens is 362 g/mol. The smallest absolute Gasteiger partial charge is 0.417 e. The molecule has 0 aliphatic carbocycles. The van der Waals surface area contributed by atoms with Crippen LogP contribution in [0.5, 0.6) is 0 Å². The molecule has 0 bridgehead atoms. The van der Waals surface area contributed by atoms with Crippen LogP contribution in [0.25, 0.3) is 16.5 Å². The van der Waals surface area contributed by atoms with Gasteiger partial charge in [-0.3, -0.25) is 4.90 Å². The van der Waals surface area contributed by atoms with E-state index in [-0.39, 0.29) is 18.8 Å². The first kappa shape index (κ1) is 19.5. The largest absolute Gasteiger partial charge is 0.462 e. The minimum absolute atomic E-state index is 0.164. The molecule has 3 rings (SSSR count). The van der Waals surface area contributed by atoms with E-state index in [0.29, 0.717) is 18.7 Å². The molecular formula is C20H23N3O5. The van der Waals surface area contributed by atoms with Gasteiger partial charge in [-0.05, 0) is 31.9 Å². The summed E-state index contributed by atoms with van der Waals surface area (Å²) in [5.74, 6) is -0.534. The first-order valence-electron chi connectivity index (χ1n) is 9.17. The number of nitrogens with zero attached hydrogens (tertiary/aromatic N) is 2. The Kier molecular flexibility index (Phi) is 5.67. The molecule has 3 amide bonds. The summed E-state index contributed by atoms with van der Waals surface area (Å²) in [6.07, 6.45) is 1.21. The Morgan fingerprint density at radius 3 is 2.57 bits per heavy atom. The standard InChI is InChI=1S/C20H23N3O5/c1-4-27-18(24)15-12-23(19(25)22(3)20(26)28-5-2)11-10-14-13-8-6-7-9-16(13)21-17(14)15/h6-9,12,21H,4-5,10-11H2,1-3H3. The zero-order valence-electron chi connectivity index (χ0n) is 16.2. The second kappa shape index (κ2) is 8.16. The number of ether oxygens (including phenoxy) is 2. The summed E-state index contributed by atoms with van der Waals surface area (Å²) in [5, 5.41) is 0.987. The van der Waals surface area contributed by atoms with Gasteiger partial charge in [0.15, 0.2) is 0 Å². The summed E-state index contributed by atoms with van der Waals surface area (Å²) in [7, 11) is 1.35. The van der Waals surface area contributed by atoms with Gasteiger partial charge in [-0.1, -0.05) is 18.2 Å². The lowest BCUT2D eigenvalue weighted by Gasteiger charge is -2.23. The number of imide groups is 1. The van der Waals surface area contributed by atoms with E-state index in [1.54, 1.807) is 13.8 Å². The molecule has 0 saturated carbocycles. The van der Waals surface area contributed by atoms with E-state index in [1.807, 2.05) is 24.3 Å².